The molecule has 1 aliphatic heterocycles. The van der Waals surface area contributed by atoms with E-state index in [1.165, 1.54) is 32.4 Å². The number of rotatable bonds is 0. The van der Waals surface area contributed by atoms with Gasteiger partial charge in [0, 0.05) is 6.54 Å². The van der Waals surface area contributed by atoms with Crippen LogP contribution in [0.15, 0.2) is 0 Å². The molecule has 0 bridgehead atoms. The number of likely N-dealkylation sites (tertiary alicyclic amines) is 1. The molecule has 0 aromatic heterocycles. The minimum atomic E-state index is 1.07. The van der Waals surface area contributed by atoms with Crippen LogP contribution in [0.2, 0.25) is 0 Å². The van der Waals surface area contributed by atoms with E-state index in [0.29, 0.717) is 0 Å². The summed E-state index contributed by atoms with van der Waals surface area (Å²) in [4.78, 5) is 2.58. The molecule has 3 rings (SSSR count). The molecular weight excluding hydrogens is 182 g/mol. The molecule has 4 unspecified atom stereocenters. The summed E-state index contributed by atoms with van der Waals surface area (Å²) >= 11 is 0. The second-order valence-electron chi connectivity index (χ2n) is 6.26. The zero-order valence-corrected chi connectivity index (χ0v) is 10.1. The van der Waals surface area contributed by atoms with Crippen molar-refractivity contribution in [1.29, 1.82) is 0 Å². The lowest BCUT2D eigenvalue weighted by Gasteiger charge is -2.49. The SMILES string of the molecule is CN1CCC2CCC3CCCCC3C2C1. The smallest absolute Gasteiger partial charge is 0.00120 e. The third-order valence-electron chi connectivity index (χ3n) is 5.44. The zero-order valence-electron chi connectivity index (χ0n) is 10.1. The molecule has 15 heavy (non-hydrogen) atoms. The van der Waals surface area contributed by atoms with Crippen molar-refractivity contribution in [3.05, 3.63) is 0 Å². The second kappa shape index (κ2) is 4.08. The lowest BCUT2D eigenvalue weighted by molar-refractivity contribution is 0.00204. The van der Waals surface area contributed by atoms with Crippen molar-refractivity contribution < 1.29 is 0 Å². The van der Waals surface area contributed by atoms with Crippen LogP contribution in [0.25, 0.3) is 0 Å². The summed E-state index contributed by atoms with van der Waals surface area (Å²) in [6, 6.07) is 0. The minimum absolute atomic E-state index is 1.07. The van der Waals surface area contributed by atoms with Gasteiger partial charge in [-0.15, -0.1) is 0 Å². The van der Waals surface area contributed by atoms with Gasteiger partial charge in [-0.3, -0.25) is 0 Å². The monoisotopic (exact) mass is 207 g/mol. The first-order valence-corrected chi connectivity index (χ1v) is 7.03. The number of piperidine rings is 1. The van der Waals surface area contributed by atoms with E-state index in [2.05, 4.69) is 11.9 Å². The van der Waals surface area contributed by atoms with E-state index in [1.54, 1.807) is 25.7 Å². The average molecular weight is 207 g/mol. The number of hydrogen-bond donors (Lipinski definition) is 0. The Kier molecular flexibility index (Phi) is 2.76. The molecule has 1 saturated heterocycles. The molecule has 1 heteroatoms. The van der Waals surface area contributed by atoms with Crippen LogP contribution in [-0.2, 0) is 0 Å². The molecule has 1 heterocycles. The first-order valence-electron chi connectivity index (χ1n) is 7.03. The minimum Gasteiger partial charge on any atom is -0.306 e. The zero-order chi connectivity index (χ0) is 10.3. The molecule has 0 N–H and O–H groups in total. The average Bonchev–Trinajstić information content (AvgIpc) is 2.29. The van der Waals surface area contributed by atoms with Crippen LogP contribution in [-0.4, -0.2) is 25.0 Å². The van der Waals surface area contributed by atoms with Crippen molar-refractivity contribution in [1.82, 2.24) is 4.90 Å². The Hall–Kier alpha value is -0.0400. The number of nitrogens with zero attached hydrogens (tertiary/aromatic N) is 1. The molecule has 0 radical (unpaired) electrons. The van der Waals surface area contributed by atoms with Gasteiger partial charge in [0.25, 0.3) is 0 Å². The Morgan fingerprint density at radius 2 is 1.53 bits per heavy atom. The molecule has 0 aromatic rings. The summed E-state index contributed by atoms with van der Waals surface area (Å²) in [5.74, 6) is 4.40. The van der Waals surface area contributed by atoms with Crippen LogP contribution < -0.4 is 0 Å². The van der Waals surface area contributed by atoms with E-state index in [4.69, 9.17) is 0 Å². The summed E-state index contributed by atoms with van der Waals surface area (Å²) in [6.07, 6.45) is 10.8. The maximum Gasteiger partial charge on any atom is 0.00120 e. The molecule has 2 aliphatic carbocycles. The topological polar surface area (TPSA) is 3.24 Å². The van der Waals surface area contributed by atoms with Crippen LogP contribution in [0.1, 0.15) is 44.9 Å². The summed E-state index contributed by atoms with van der Waals surface area (Å²) in [5, 5.41) is 0. The first kappa shape index (κ1) is 10.1. The molecule has 1 nitrogen and oxygen atoms in total. The highest BCUT2D eigenvalue weighted by molar-refractivity contribution is 4.92. The molecule has 3 fully saturated rings. The predicted octanol–water partition coefficient (Wildman–Crippen LogP) is 3.15. The predicted molar refractivity (Wildman–Crippen MR) is 63.8 cm³/mol. The van der Waals surface area contributed by atoms with E-state index in [0.717, 1.165) is 23.7 Å². The molecule has 86 valence electrons. The summed E-state index contributed by atoms with van der Waals surface area (Å²) < 4.78 is 0. The van der Waals surface area contributed by atoms with Gasteiger partial charge in [0.05, 0.1) is 0 Å². The lowest BCUT2D eigenvalue weighted by Crippen LogP contribution is -2.47. The fraction of sp³-hybridized carbons (Fsp3) is 1.00. The van der Waals surface area contributed by atoms with E-state index in [1.807, 2.05) is 0 Å². The molecule has 3 aliphatic rings. The van der Waals surface area contributed by atoms with Gasteiger partial charge in [-0.2, -0.15) is 0 Å². The van der Waals surface area contributed by atoms with Crippen LogP contribution in [0.4, 0.5) is 0 Å². The van der Waals surface area contributed by atoms with Gasteiger partial charge >= 0.3 is 0 Å². The fourth-order valence-electron chi connectivity index (χ4n) is 4.63. The van der Waals surface area contributed by atoms with Gasteiger partial charge in [-0.25, -0.2) is 0 Å². The summed E-state index contributed by atoms with van der Waals surface area (Å²) in [5.41, 5.74) is 0. The van der Waals surface area contributed by atoms with E-state index in [9.17, 15) is 0 Å². The van der Waals surface area contributed by atoms with Crippen molar-refractivity contribution in [2.24, 2.45) is 23.7 Å². The van der Waals surface area contributed by atoms with Crippen LogP contribution in [0.5, 0.6) is 0 Å². The Balaban J connectivity index is 1.74. The van der Waals surface area contributed by atoms with Crippen LogP contribution in [0, 0.1) is 23.7 Å². The standard InChI is InChI=1S/C14H25N/c1-15-9-8-12-7-6-11-4-2-3-5-13(11)14(12)10-15/h11-14H,2-10H2,1H3. The van der Waals surface area contributed by atoms with Crippen molar-refractivity contribution in [2.45, 2.75) is 44.9 Å². The van der Waals surface area contributed by atoms with Crippen molar-refractivity contribution in [3.8, 4) is 0 Å². The second-order valence-corrected chi connectivity index (χ2v) is 6.26. The normalized spacial score (nSPS) is 47.0. The molecule has 4 atom stereocenters. The highest BCUT2D eigenvalue weighted by atomic mass is 15.1. The molecule has 0 amide bonds. The maximum atomic E-state index is 2.58. The maximum absolute atomic E-state index is 2.58. The third-order valence-corrected chi connectivity index (χ3v) is 5.44. The molecule has 2 saturated carbocycles. The van der Waals surface area contributed by atoms with E-state index >= 15 is 0 Å². The van der Waals surface area contributed by atoms with Gasteiger partial charge in [0.15, 0.2) is 0 Å². The van der Waals surface area contributed by atoms with Gasteiger partial charge in [0.2, 0.25) is 0 Å². The van der Waals surface area contributed by atoms with Crippen LogP contribution in [0.3, 0.4) is 0 Å². The lowest BCUT2D eigenvalue weighted by atomic mass is 9.60. The van der Waals surface area contributed by atoms with E-state index in [-0.39, 0.29) is 0 Å². The number of fused-ring (bicyclic) bond motifs is 3. The Morgan fingerprint density at radius 3 is 2.40 bits per heavy atom. The highest BCUT2D eigenvalue weighted by Gasteiger charge is 2.41. The summed E-state index contributed by atoms with van der Waals surface area (Å²) in [6.45, 7) is 2.77. The summed E-state index contributed by atoms with van der Waals surface area (Å²) in [7, 11) is 2.32. The molecular formula is C14H25N. The van der Waals surface area contributed by atoms with Gasteiger partial charge in [-0.05, 0) is 62.9 Å². The number of hydrogen-bond acceptors (Lipinski definition) is 1. The Bertz CT molecular complexity index is 225. The quantitative estimate of drug-likeness (QED) is 0.590. The van der Waals surface area contributed by atoms with Crippen molar-refractivity contribution in [2.75, 3.05) is 20.1 Å². The van der Waals surface area contributed by atoms with Gasteiger partial charge in [-0.1, -0.05) is 19.3 Å². The Morgan fingerprint density at radius 1 is 0.800 bits per heavy atom. The van der Waals surface area contributed by atoms with Crippen molar-refractivity contribution in [3.63, 3.8) is 0 Å². The third kappa shape index (κ3) is 1.84. The first-order chi connectivity index (χ1) is 7.34. The van der Waals surface area contributed by atoms with Gasteiger partial charge in [0.1, 0.15) is 0 Å². The molecule has 0 aromatic carbocycles. The van der Waals surface area contributed by atoms with E-state index < -0.39 is 0 Å². The fourth-order valence-corrected chi connectivity index (χ4v) is 4.63. The van der Waals surface area contributed by atoms with Gasteiger partial charge < -0.3 is 4.90 Å². The largest absolute Gasteiger partial charge is 0.306 e. The Labute approximate surface area is 94.2 Å². The highest BCUT2D eigenvalue weighted by Crippen LogP contribution is 2.48. The van der Waals surface area contributed by atoms with Crippen molar-refractivity contribution >= 4 is 0 Å². The van der Waals surface area contributed by atoms with Crippen LogP contribution >= 0.6 is 0 Å². The molecule has 0 spiro atoms.